The normalized spacial score (nSPS) is 12.2. The first-order chi connectivity index (χ1) is 9.56. The average molecular weight is 272 g/mol. The van der Waals surface area contributed by atoms with Crippen molar-refractivity contribution in [3.8, 4) is 5.75 Å². The van der Waals surface area contributed by atoms with Gasteiger partial charge in [-0.15, -0.1) is 0 Å². The van der Waals surface area contributed by atoms with Gasteiger partial charge in [0, 0.05) is 18.5 Å². The Morgan fingerprint density at radius 2 is 2.10 bits per heavy atom. The molecule has 2 aromatic rings. The summed E-state index contributed by atoms with van der Waals surface area (Å²) in [5.74, 6) is 0.743. The number of nitrogens with zero attached hydrogens (tertiary/aromatic N) is 2. The molecule has 2 rings (SSSR count). The molecule has 4 heteroatoms. The van der Waals surface area contributed by atoms with Crippen LogP contribution < -0.4 is 4.74 Å². The molecular formula is C16H20N2O2. The summed E-state index contributed by atoms with van der Waals surface area (Å²) in [6.45, 7) is 4.10. The molecule has 0 spiro atoms. The molecular weight excluding hydrogens is 252 g/mol. The van der Waals surface area contributed by atoms with Gasteiger partial charge < -0.3 is 9.64 Å². The molecule has 0 saturated heterocycles. The van der Waals surface area contributed by atoms with Crippen molar-refractivity contribution in [1.29, 1.82) is 0 Å². The van der Waals surface area contributed by atoms with E-state index in [9.17, 15) is 4.79 Å². The van der Waals surface area contributed by atoms with Crippen LogP contribution in [0.15, 0.2) is 30.3 Å². The lowest BCUT2D eigenvalue weighted by atomic mass is 10.1. The molecule has 20 heavy (non-hydrogen) atoms. The number of carbonyl (C=O) groups is 1. The van der Waals surface area contributed by atoms with E-state index in [1.54, 1.807) is 18.1 Å². The van der Waals surface area contributed by atoms with Gasteiger partial charge in [-0.05, 0) is 37.6 Å². The molecule has 1 aromatic heterocycles. The first-order valence-electron chi connectivity index (χ1n) is 6.78. The van der Waals surface area contributed by atoms with E-state index in [4.69, 9.17) is 4.74 Å². The summed E-state index contributed by atoms with van der Waals surface area (Å²) in [7, 11) is 3.45. The smallest absolute Gasteiger partial charge is 0.272 e. The monoisotopic (exact) mass is 272 g/mol. The standard InChI is InChI=1S/C16H20N2O2/c1-5-11(2)18(3)16(19)15-8-6-12-10-13(20-4)7-9-14(12)17-15/h6-11H,5H2,1-4H3. The lowest BCUT2D eigenvalue weighted by Crippen LogP contribution is -2.35. The number of fused-ring (bicyclic) bond motifs is 1. The zero-order valence-corrected chi connectivity index (χ0v) is 12.4. The molecule has 0 saturated carbocycles. The number of aromatic nitrogens is 1. The summed E-state index contributed by atoms with van der Waals surface area (Å²) < 4.78 is 5.18. The van der Waals surface area contributed by atoms with Crippen molar-refractivity contribution in [3.63, 3.8) is 0 Å². The van der Waals surface area contributed by atoms with E-state index < -0.39 is 0 Å². The van der Waals surface area contributed by atoms with Gasteiger partial charge in [-0.3, -0.25) is 4.79 Å². The van der Waals surface area contributed by atoms with Crippen LogP contribution in [-0.2, 0) is 0 Å². The molecule has 1 amide bonds. The van der Waals surface area contributed by atoms with Crippen molar-refractivity contribution in [2.45, 2.75) is 26.3 Å². The lowest BCUT2D eigenvalue weighted by molar-refractivity contribution is 0.0735. The van der Waals surface area contributed by atoms with E-state index in [1.807, 2.05) is 38.2 Å². The van der Waals surface area contributed by atoms with Crippen molar-refractivity contribution in [3.05, 3.63) is 36.0 Å². The minimum Gasteiger partial charge on any atom is -0.497 e. The second kappa shape index (κ2) is 5.90. The van der Waals surface area contributed by atoms with E-state index in [0.717, 1.165) is 23.1 Å². The van der Waals surface area contributed by atoms with Crippen LogP contribution in [0.5, 0.6) is 5.75 Å². The zero-order valence-electron chi connectivity index (χ0n) is 12.4. The van der Waals surface area contributed by atoms with Crippen LogP contribution in [0.3, 0.4) is 0 Å². The number of benzene rings is 1. The molecule has 1 unspecified atom stereocenters. The highest BCUT2D eigenvalue weighted by atomic mass is 16.5. The highest BCUT2D eigenvalue weighted by Gasteiger charge is 2.17. The Hall–Kier alpha value is -2.10. The number of amides is 1. The molecule has 0 N–H and O–H groups in total. The molecule has 0 aliphatic heterocycles. The minimum absolute atomic E-state index is 0.0444. The number of hydrogen-bond donors (Lipinski definition) is 0. The second-order valence-electron chi connectivity index (χ2n) is 4.93. The lowest BCUT2D eigenvalue weighted by Gasteiger charge is -2.23. The van der Waals surface area contributed by atoms with E-state index in [1.165, 1.54) is 0 Å². The maximum Gasteiger partial charge on any atom is 0.272 e. The molecule has 106 valence electrons. The van der Waals surface area contributed by atoms with E-state index in [0.29, 0.717) is 5.69 Å². The summed E-state index contributed by atoms with van der Waals surface area (Å²) in [5.41, 5.74) is 1.28. The third-order valence-electron chi connectivity index (χ3n) is 3.69. The summed E-state index contributed by atoms with van der Waals surface area (Å²) in [4.78, 5) is 18.5. The molecule has 0 aliphatic carbocycles. The second-order valence-corrected chi connectivity index (χ2v) is 4.93. The summed E-state index contributed by atoms with van der Waals surface area (Å²) in [6, 6.07) is 9.51. The molecule has 1 heterocycles. The Morgan fingerprint density at radius 3 is 2.75 bits per heavy atom. The van der Waals surface area contributed by atoms with Crippen LogP contribution in [-0.4, -0.2) is 36.0 Å². The molecule has 0 radical (unpaired) electrons. The van der Waals surface area contributed by atoms with Gasteiger partial charge in [0.1, 0.15) is 11.4 Å². The van der Waals surface area contributed by atoms with Crippen LogP contribution in [0.25, 0.3) is 10.9 Å². The maximum atomic E-state index is 12.4. The number of carbonyl (C=O) groups excluding carboxylic acids is 1. The van der Waals surface area contributed by atoms with Gasteiger partial charge in [-0.1, -0.05) is 13.0 Å². The first kappa shape index (κ1) is 14.3. The van der Waals surface area contributed by atoms with Gasteiger partial charge in [0.2, 0.25) is 0 Å². The number of rotatable bonds is 4. The Balaban J connectivity index is 2.34. The minimum atomic E-state index is -0.0444. The van der Waals surface area contributed by atoms with Gasteiger partial charge >= 0.3 is 0 Å². The van der Waals surface area contributed by atoms with Crippen LogP contribution in [0.1, 0.15) is 30.8 Å². The average Bonchev–Trinajstić information content (AvgIpc) is 2.51. The maximum absolute atomic E-state index is 12.4. The van der Waals surface area contributed by atoms with E-state index >= 15 is 0 Å². The van der Waals surface area contributed by atoms with Crippen LogP contribution in [0.4, 0.5) is 0 Å². The highest BCUT2D eigenvalue weighted by Crippen LogP contribution is 2.20. The van der Waals surface area contributed by atoms with Gasteiger partial charge in [-0.25, -0.2) is 4.98 Å². The third-order valence-corrected chi connectivity index (χ3v) is 3.69. The summed E-state index contributed by atoms with van der Waals surface area (Å²) in [5, 5.41) is 0.965. The van der Waals surface area contributed by atoms with Gasteiger partial charge in [0.05, 0.1) is 12.6 Å². The Kier molecular flexibility index (Phi) is 4.23. The van der Waals surface area contributed by atoms with E-state index in [-0.39, 0.29) is 11.9 Å². The van der Waals surface area contributed by atoms with Crippen molar-refractivity contribution in [1.82, 2.24) is 9.88 Å². The Morgan fingerprint density at radius 1 is 1.35 bits per heavy atom. The molecule has 1 atom stereocenters. The van der Waals surface area contributed by atoms with Gasteiger partial charge in [0.15, 0.2) is 0 Å². The first-order valence-corrected chi connectivity index (χ1v) is 6.78. The molecule has 0 fully saturated rings. The van der Waals surface area contributed by atoms with Crippen molar-refractivity contribution >= 4 is 16.8 Å². The predicted octanol–water partition coefficient (Wildman–Crippen LogP) is 3.11. The van der Waals surface area contributed by atoms with Crippen LogP contribution in [0, 0.1) is 0 Å². The summed E-state index contributed by atoms with van der Waals surface area (Å²) in [6.07, 6.45) is 0.924. The van der Waals surface area contributed by atoms with Gasteiger partial charge in [0.25, 0.3) is 5.91 Å². The van der Waals surface area contributed by atoms with Crippen LogP contribution >= 0.6 is 0 Å². The van der Waals surface area contributed by atoms with Gasteiger partial charge in [-0.2, -0.15) is 0 Å². The largest absolute Gasteiger partial charge is 0.497 e. The number of hydrogen-bond acceptors (Lipinski definition) is 3. The van der Waals surface area contributed by atoms with Crippen molar-refractivity contribution in [2.75, 3.05) is 14.2 Å². The van der Waals surface area contributed by atoms with Crippen molar-refractivity contribution < 1.29 is 9.53 Å². The third kappa shape index (κ3) is 2.74. The number of pyridine rings is 1. The molecule has 0 bridgehead atoms. The molecule has 4 nitrogen and oxygen atoms in total. The summed E-state index contributed by atoms with van der Waals surface area (Å²) >= 11 is 0. The fourth-order valence-corrected chi connectivity index (χ4v) is 2.00. The molecule has 1 aromatic carbocycles. The number of ether oxygens (including phenoxy) is 1. The van der Waals surface area contributed by atoms with Crippen molar-refractivity contribution in [2.24, 2.45) is 0 Å². The molecule has 0 aliphatic rings. The number of methoxy groups -OCH3 is 1. The SMILES string of the molecule is CCC(C)N(C)C(=O)c1ccc2cc(OC)ccc2n1. The van der Waals surface area contributed by atoms with E-state index in [2.05, 4.69) is 11.9 Å². The topological polar surface area (TPSA) is 42.4 Å². The fourth-order valence-electron chi connectivity index (χ4n) is 2.00. The zero-order chi connectivity index (χ0) is 14.7. The Bertz CT molecular complexity index is 625. The predicted molar refractivity (Wildman–Crippen MR) is 80.1 cm³/mol. The quantitative estimate of drug-likeness (QED) is 0.858. The van der Waals surface area contributed by atoms with Crippen LogP contribution in [0.2, 0.25) is 0 Å². The Labute approximate surface area is 119 Å². The fraction of sp³-hybridized carbons (Fsp3) is 0.375. The highest BCUT2D eigenvalue weighted by molar-refractivity contribution is 5.95.